The van der Waals surface area contributed by atoms with E-state index in [0.29, 0.717) is 28.3 Å². The second-order valence-electron chi connectivity index (χ2n) is 8.02. The topological polar surface area (TPSA) is 81.0 Å². The van der Waals surface area contributed by atoms with Gasteiger partial charge in [-0.15, -0.1) is 0 Å². The van der Waals surface area contributed by atoms with Gasteiger partial charge in [0.2, 0.25) is 0 Å². The zero-order chi connectivity index (χ0) is 23.7. The first-order valence-electron chi connectivity index (χ1n) is 10.8. The number of nitrogens with zero attached hydrogens (tertiary/aromatic N) is 3. The Bertz CT molecular complexity index is 1470. The molecule has 0 spiro atoms. The highest BCUT2D eigenvalue weighted by Gasteiger charge is 2.36. The van der Waals surface area contributed by atoms with Crippen molar-refractivity contribution < 1.29 is 14.3 Å². The van der Waals surface area contributed by atoms with E-state index in [2.05, 4.69) is 4.98 Å². The lowest BCUT2D eigenvalue weighted by Gasteiger charge is -2.35. The number of benzene rings is 2. The van der Waals surface area contributed by atoms with Crippen LogP contribution in [0, 0.1) is 0 Å². The van der Waals surface area contributed by atoms with E-state index in [1.54, 1.807) is 48.7 Å². The van der Waals surface area contributed by atoms with Gasteiger partial charge in [-0.25, -0.2) is 9.78 Å². The van der Waals surface area contributed by atoms with Crippen molar-refractivity contribution in [3.05, 3.63) is 117 Å². The molecular formula is C26H20ClN3O4. The van der Waals surface area contributed by atoms with Crippen LogP contribution in [-0.4, -0.2) is 32.2 Å². The third-order valence-corrected chi connectivity index (χ3v) is 6.20. The molecule has 2 aromatic carbocycles. The number of halogens is 1. The number of carbonyl (C=O) groups excluding carboxylic acids is 2. The molecule has 7 nitrogen and oxygen atoms in total. The number of hydrogen-bond acceptors (Lipinski definition) is 5. The maximum atomic E-state index is 13.4. The summed E-state index contributed by atoms with van der Waals surface area (Å²) in [6, 6.07) is 20.2. The predicted molar refractivity (Wildman–Crippen MR) is 127 cm³/mol. The van der Waals surface area contributed by atoms with Crippen LogP contribution in [0.2, 0.25) is 5.02 Å². The maximum Gasteiger partial charge on any atom is 0.329 e. The summed E-state index contributed by atoms with van der Waals surface area (Å²) in [5.41, 5.74) is 2.81. The van der Waals surface area contributed by atoms with Gasteiger partial charge in [0.05, 0.1) is 16.3 Å². The van der Waals surface area contributed by atoms with Gasteiger partial charge in [0.15, 0.2) is 0 Å². The lowest BCUT2D eigenvalue weighted by Crippen LogP contribution is -2.49. The van der Waals surface area contributed by atoms with Crippen molar-refractivity contribution in [3.63, 3.8) is 0 Å². The van der Waals surface area contributed by atoms with Gasteiger partial charge in [0, 0.05) is 25.2 Å². The Morgan fingerprint density at radius 1 is 1.00 bits per heavy atom. The van der Waals surface area contributed by atoms with Crippen molar-refractivity contribution in [3.8, 4) is 0 Å². The zero-order valence-electron chi connectivity index (χ0n) is 18.1. The van der Waals surface area contributed by atoms with E-state index in [9.17, 15) is 14.4 Å². The van der Waals surface area contributed by atoms with Crippen LogP contribution in [0.4, 0.5) is 0 Å². The summed E-state index contributed by atoms with van der Waals surface area (Å²) in [5.74, 6) is -0.908. The molecule has 3 heterocycles. The van der Waals surface area contributed by atoms with Crippen LogP contribution in [0.3, 0.4) is 0 Å². The summed E-state index contributed by atoms with van der Waals surface area (Å²) in [6.07, 6.45) is 1.94. The Hall–Kier alpha value is -3.97. The zero-order valence-corrected chi connectivity index (χ0v) is 18.8. The number of aromatic nitrogens is 2. The highest BCUT2D eigenvalue weighted by molar-refractivity contribution is 6.33. The minimum Gasteiger partial charge on any atom is -0.458 e. The third kappa shape index (κ3) is 4.18. The number of ether oxygens (including phenoxy) is 1. The molecule has 1 atom stereocenters. The highest BCUT2D eigenvalue weighted by atomic mass is 35.5. The molecule has 170 valence electrons. The average molecular weight is 474 g/mol. The molecule has 0 bridgehead atoms. The molecular weight excluding hydrogens is 454 g/mol. The molecule has 0 fully saturated rings. The van der Waals surface area contributed by atoms with E-state index in [0.717, 1.165) is 11.1 Å². The quantitative estimate of drug-likeness (QED) is 0.422. The standard InChI is InChI=1S/C26H20ClN3O4/c27-21-10-4-3-9-20(21)25(32)30-15-18-8-2-1-7-17(18)13-22(30)26(33)34-16-19-14-24(31)29-12-6-5-11-23(29)28-19/h1-12,14,22H,13,15-16H2. The van der Waals surface area contributed by atoms with E-state index >= 15 is 0 Å². The number of rotatable bonds is 4. The fraction of sp³-hybridized carbons (Fsp3) is 0.154. The molecule has 1 amide bonds. The van der Waals surface area contributed by atoms with E-state index in [1.165, 1.54) is 15.4 Å². The van der Waals surface area contributed by atoms with Gasteiger partial charge in [-0.2, -0.15) is 0 Å². The van der Waals surface area contributed by atoms with Crippen LogP contribution >= 0.6 is 11.6 Å². The van der Waals surface area contributed by atoms with Crippen LogP contribution in [0.25, 0.3) is 5.65 Å². The lowest BCUT2D eigenvalue weighted by molar-refractivity contribution is -0.151. The Kier molecular flexibility index (Phi) is 5.86. The van der Waals surface area contributed by atoms with E-state index in [1.807, 2.05) is 24.3 Å². The molecule has 0 radical (unpaired) electrons. The van der Waals surface area contributed by atoms with Crippen LogP contribution in [0.15, 0.2) is 83.8 Å². The van der Waals surface area contributed by atoms with Crippen LogP contribution in [0.1, 0.15) is 27.2 Å². The summed E-state index contributed by atoms with van der Waals surface area (Å²) in [4.78, 5) is 44.8. The summed E-state index contributed by atoms with van der Waals surface area (Å²) >= 11 is 6.27. The average Bonchev–Trinajstić information content (AvgIpc) is 2.86. The monoisotopic (exact) mass is 473 g/mol. The van der Waals surface area contributed by atoms with Crippen LogP contribution in [-0.2, 0) is 29.1 Å². The summed E-state index contributed by atoms with van der Waals surface area (Å²) < 4.78 is 6.97. The van der Waals surface area contributed by atoms with Crippen molar-refractivity contribution in [2.75, 3.05) is 0 Å². The van der Waals surface area contributed by atoms with Crippen molar-refractivity contribution in [1.29, 1.82) is 0 Å². The van der Waals surface area contributed by atoms with E-state index in [4.69, 9.17) is 16.3 Å². The Morgan fingerprint density at radius 2 is 1.74 bits per heavy atom. The van der Waals surface area contributed by atoms with Crippen molar-refractivity contribution in [1.82, 2.24) is 14.3 Å². The van der Waals surface area contributed by atoms with Gasteiger partial charge >= 0.3 is 5.97 Å². The minimum atomic E-state index is -0.833. The van der Waals surface area contributed by atoms with E-state index < -0.39 is 12.0 Å². The molecule has 1 aliphatic rings. The van der Waals surface area contributed by atoms with Crippen LogP contribution < -0.4 is 5.56 Å². The number of hydrogen-bond donors (Lipinski definition) is 0. The predicted octanol–water partition coefficient (Wildman–Crippen LogP) is 3.66. The van der Waals surface area contributed by atoms with Crippen LogP contribution in [0.5, 0.6) is 0 Å². The second kappa shape index (κ2) is 9.11. The highest BCUT2D eigenvalue weighted by Crippen LogP contribution is 2.27. The van der Waals surface area contributed by atoms with Crippen molar-refractivity contribution >= 4 is 29.1 Å². The first-order chi connectivity index (χ1) is 16.5. The molecule has 4 aromatic rings. The smallest absolute Gasteiger partial charge is 0.329 e. The molecule has 1 aliphatic heterocycles. The molecule has 0 aliphatic carbocycles. The molecule has 8 heteroatoms. The number of fused-ring (bicyclic) bond motifs is 2. The Balaban J connectivity index is 1.41. The number of pyridine rings is 1. The van der Waals surface area contributed by atoms with Gasteiger partial charge in [0.25, 0.3) is 11.5 Å². The molecule has 5 rings (SSSR count). The molecule has 0 saturated carbocycles. The van der Waals surface area contributed by atoms with E-state index in [-0.39, 0.29) is 24.6 Å². The summed E-state index contributed by atoms with van der Waals surface area (Å²) in [5, 5.41) is 0.319. The Labute approximate surface area is 200 Å². The molecule has 2 aromatic heterocycles. The second-order valence-corrected chi connectivity index (χ2v) is 8.43. The van der Waals surface area contributed by atoms with Gasteiger partial charge < -0.3 is 9.64 Å². The fourth-order valence-electron chi connectivity index (χ4n) is 4.15. The SMILES string of the molecule is O=C(OCc1cc(=O)n2ccccc2n1)C1Cc2ccccc2CN1C(=O)c1ccccc1Cl. The minimum absolute atomic E-state index is 0.175. The number of carbonyl (C=O) groups is 2. The summed E-state index contributed by atoms with van der Waals surface area (Å²) in [6.45, 7) is 0.0846. The van der Waals surface area contributed by atoms with Gasteiger partial charge in [-0.1, -0.05) is 54.1 Å². The summed E-state index contributed by atoms with van der Waals surface area (Å²) in [7, 11) is 0. The lowest BCUT2D eigenvalue weighted by atomic mass is 9.93. The fourth-order valence-corrected chi connectivity index (χ4v) is 4.37. The Morgan fingerprint density at radius 3 is 2.56 bits per heavy atom. The number of esters is 1. The van der Waals surface area contributed by atoms with Crippen molar-refractivity contribution in [2.45, 2.75) is 25.6 Å². The normalized spacial score (nSPS) is 15.1. The third-order valence-electron chi connectivity index (χ3n) is 5.87. The first kappa shape index (κ1) is 21.9. The largest absolute Gasteiger partial charge is 0.458 e. The van der Waals surface area contributed by atoms with Gasteiger partial charge in [-0.05, 0) is 35.4 Å². The van der Waals surface area contributed by atoms with Gasteiger partial charge in [-0.3, -0.25) is 14.0 Å². The van der Waals surface area contributed by atoms with Crippen molar-refractivity contribution in [2.24, 2.45) is 0 Å². The molecule has 1 unspecified atom stereocenters. The molecule has 0 saturated heterocycles. The van der Waals surface area contributed by atoms with Gasteiger partial charge in [0.1, 0.15) is 18.3 Å². The number of amides is 1. The molecule has 0 N–H and O–H groups in total. The first-order valence-corrected chi connectivity index (χ1v) is 11.2. The maximum absolute atomic E-state index is 13.4. The molecule has 34 heavy (non-hydrogen) atoms.